The topological polar surface area (TPSA) is 64.9 Å². The van der Waals surface area contributed by atoms with Crippen molar-refractivity contribution < 1.29 is 8.91 Å². The van der Waals surface area contributed by atoms with Gasteiger partial charge in [-0.05, 0) is 12.1 Å². The molecule has 0 bridgehead atoms. The van der Waals surface area contributed by atoms with Gasteiger partial charge in [-0.15, -0.1) is 0 Å². The Balaban J connectivity index is 2.24. The predicted octanol–water partition coefficient (Wildman–Crippen LogP) is 3.78. The van der Waals surface area contributed by atoms with E-state index in [1.54, 1.807) is 30.6 Å². The summed E-state index contributed by atoms with van der Waals surface area (Å²) >= 11 is 5.98. The predicted molar refractivity (Wildman–Crippen MR) is 74.6 cm³/mol. The molecule has 3 rings (SSSR count). The molecule has 0 aliphatic carbocycles. The molecule has 0 spiro atoms. The van der Waals surface area contributed by atoms with Gasteiger partial charge in [0.1, 0.15) is 11.5 Å². The van der Waals surface area contributed by atoms with Gasteiger partial charge >= 0.3 is 0 Å². The van der Waals surface area contributed by atoms with E-state index in [1.165, 1.54) is 6.07 Å². The Labute approximate surface area is 119 Å². The number of nitrogens with two attached hydrogens (primary N) is 1. The SMILES string of the molecule is Nc1onc(-c2cccc(F)c2Cl)c1-c1cccnc1. The molecule has 3 aromatic rings. The fraction of sp³-hybridized carbons (Fsp3) is 0. The standard InChI is InChI=1S/C14H9ClFN3O/c15-12-9(4-1-5-10(12)16)13-11(14(17)20-19-13)8-3-2-6-18-7-8/h1-7H,17H2. The van der Waals surface area contributed by atoms with Crippen molar-refractivity contribution in [3.05, 3.63) is 53.6 Å². The van der Waals surface area contributed by atoms with Gasteiger partial charge in [-0.3, -0.25) is 4.98 Å². The highest BCUT2D eigenvalue weighted by Gasteiger charge is 2.20. The van der Waals surface area contributed by atoms with Gasteiger partial charge in [0.15, 0.2) is 0 Å². The molecule has 0 atom stereocenters. The second-order valence-corrected chi connectivity index (χ2v) is 4.49. The van der Waals surface area contributed by atoms with Gasteiger partial charge in [-0.1, -0.05) is 35.0 Å². The minimum absolute atomic E-state index is 0.0223. The van der Waals surface area contributed by atoms with Gasteiger partial charge < -0.3 is 10.3 Å². The van der Waals surface area contributed by atoms with Crippen molar-refractivity contribution in [1.82, 2.24) is 10.1 Å². The lowest BCUT2D eigenvalue weighted by Crippen LogP contribution is -1.90. The monoisotopic (exact) mass is 289 g/mol. The van der Waals surface area contributed by atoms with Crippen LogP contribution in [-0.4, -0.2) is 10.1 Å². The van der Waals surface area contributed by atoms with Gasteiger partial charge in [-0.2, -0.15) is 0 Å². The van der Waals surface area contributed by atoms with Crippen molar-refractivity contribution in [2.24, 2.45) is 0 Å². The third-order valence-corrected chi connectivity index (χ3v) is 3.26. The zero-order valence-corrected chi connectivity index (χ0v) is 10.9. The minimum Gasteiger partial charge on any atom is -0.367 e. The van der Waals surface area contributed by atoms with Crippen LogP contribution in [0.5, 0.6) is 0 Å². The summed E-state index contributed by atoms with van der Waals surface area (Å²) in [7, 11) is 0. The lowest BCUT2D eigenvalue weighted by molar-refractivity contribution is 0.439. The summed E-state index contributed by atoms with van der Waals surface area (Å²) in [6.45, 7) is 0. The van der Waals surface area contributed by atoms with Crippen molar-refractivity contribution in [2.45, 2.75) is 0 Å². The maximum atomic E-state index is 13.6. The molecule has 0 radical (unpaired) electrons. The number of pyridine rings is 1. The lowest BCUT2D eigenvalue weighted by Gasteiger charge is -2.04. The molecular formula is C14H9ClFN3O. The first-order chi connectivity index (χ1) is 9.68. The van der Waals surface area contributed by atoms with Crippen molar-refractivity contribution >= 4 is 17.5 Å². The maximum Gasteiger partial charge on any atom is 0.230 e. The fourth-order valence-corrected chi connectivity index (χ4v) is 2.18. The molecular weight excluding hydrogens is 281 g/mol. The van der Waals surface area contributed by atoms with Crippen LogP contribution >= 0.6 is 11.6 Å². The van der Waals surface area contributed by atoms with E-state index in [0.717, 1.165) is 5.56 Å². The largest absolute Gasteiger partial charge is 0.367 e. The van der Waals surface area contributed by atoms with Gasteiger partial charge in [0.25, 0.3) is 0 Å². The third-order valence-electron chi connectivity index (χ3n) is 2.88. The Morgan fingerprint density at radius 3 is 2.80 bits per heavy atom. The minimum atomic E-state index is -0.525. The number of nitrogens with zero attached hydrogens (tertiary/aromatic N) is 2. The maximum absolute atomic E-state index is 13.6. The van der Waals surface area contributed by atoms with Crippen molar-refractivity contribution in [1.29, 1.82) is 0 Å². The molecule has 0 fully saturated rings. The average molecular weight is 290 g/mol. The zero-order valence-electron chi connectivity index (χ0n) is 10.2. The highest BCUT2D eigenvalue weighted by molar-refractivity contribution is 6.33. The number of hydrogen-bond donors (Lipinski definition) is 1. The summed E-state index contributed by atoms with van der Waals surface area (Å²) in [6.07, 6.45) is 3.27. The number of benzene rings is 1. The molecule has 0 aliphatic rings. The number of hydrogen-bond acceptors (Lipinski definition) is 4. The average Bonchev–Trinajstić information content (AvgIpc) is 2.84. The van der Waals surface area contributed by atoms with Gasteiger partial charge in [0, 0.05) is 23.5 Å². The first-order valence-corrected chi connectivity index (χ1v) is 6.16. The molecule has 0 aliphatic heterocycles. The number of anilines is 1. The van der Waals surface area contributed by atoms with Crippen LogP contribution in [0.25, 0.3) is 22.4 Å². The smallest absolute Gasteiger partial charge is 0.230 e. The molecule has 2 heterocycles. The van der Waals surface area contributed by atoms with Crippen LogP contribution in [-0.2, 0) is 0 Å². The van der Waals surface area contributed by atoms with Crippen LogP contribution in [0.1, 0.15) is 0 Å². The number of aromatic nitrogens is 2. The summed E-state index contributed by atoms with van der Waals surface area (Å²) in [6, 6.07) is 8.06. The third kappa shape index (κ3) is 2.02. The van der Waals surface area contributed by atoms with Crippen molar-refractivity contribution in [3.8, 4) is 22.4 Å². The summed E-state index contributed by atoms with van der Waals surface area (Å²) in [5.41, 5.74) is 7.89. The van der Waals surface area contributed by atoms with Crippen LogP contribution < -0.4 is 5.73 Å². The molecule has 0 amide bonds. The van der Waals surface area contributed by atoms with Crippen LogP contribution in [0.15, 0.2) is 47.2 Å². The molecule has 2 aromatic heterocycles. The number of halogens is 2. The lowest BCUT2D eigenvalue weighted by atomic mass is 10.0. The van der Waals surface area contributed by atoms with Crippen LogP contribution in [0.4, 0.5) is 10.3 Å². The van der Waals surface area contributed by atoms with Crippen LogP contribution in [0.2, 0.25) is 5.02 Å². The molecule has 0 unspecified atom stereocenters. The Morgan fingerprint density at radius 1 is 1.20 bits per heavy atom. The normalized spacial score (nSPS) is 10.7. The van der Waals surface area contributed by atoms with E-state index in [0.29, 0.717) is 16.8 Å². The van der Waals surface area contributed by atoms with Gasteiger partial charge in [0.05, 0.1) is 10.6 Å². The summed E-state index contributed by atoms with van der Waals surface area (Å²) in [5.74, 6) is -0.392. The molecule has 1 aromatic carbocycles. The van der Waals surface area contributed by atoms with E-state index in [1.807, 2.05) is 6.07 Å². The van der Waals surface area contributed by atoms with Crippen molar-refractivity contribution in [2.75, 3.05) is 5.73 Å². The first-order valence-electron chi connectivity index (χ1n) is 5.78. The molecule has 100 valence electrons. The van der Waals surface area contributed by atoms with E-state index < -0.39 is 5.82 Å². The second kappa shape index (κ2) is 4.94. The number of rotatable bonds is 2. The Morgan fingerprint density at radius 2 is 2.05 bits per heavy atom. The Hall–Kier alpha value is -2.40. The summed E-state index contributed by atoms with van der Waals surface area (Å²) in [4.78, 5) is 4.02. The van der Waals surface area contributed by atoms with Crippen LogP contribution in [0, 0.1) is 5.82 Å². The molecule has 6 heteroatoms. The molecule has 0 saturated carbocycles. The Kier molecular flexibility index (Phi) is 3.12. The van der Waals surface area contributed by atoms with Gasteiger partial charge in [0.2, 0.25) is 5.88 Å². The molecule has 2 N–H and O–H groups in total. The molecule has 0 saturated heterocycles. The van der Waals surface area contributed by atoms with E-state index in [2.05, 4.69) is 10.1 Å². The van der Waals surface area contributed by atoms with Crippen molar-refractivity contribution in [3.63, 3.8) is 0 Å². The summed E-state index contributed by atoms with van der Waals surface area (Å²) in [5, 5.41) is 3.86. The van der Waals surface area contributed by atoms with E-state index in [9.17, 15) is 4.39 Å². The first kappa shape index (κ1) is 12.6. The van der Waals surface area contributed by atoms with Gasteiger partial charge in [-0.25, -0.2) is 4.39 Å². The van der Waals surface area contributed by atoms with E-state index in [4.69, 9.17) is 21.9 Å². The fourth-order valence-electron chi connectivity index (χ4n) is 1.96. The second-order valence-electron chi connectivity index (χ2n) is 4.11. The quantitative estimate of drug-likeness (QED) is 0.780. The zero-order chi connectivity index (χ0) is 14.1. The molecule has 20 heavy (non-hydrogen) atoms. The molecule has 4 nitrogen and oxygen atoms in total. The number of nitrogen functional groups attached to an aromatic ring is 1. The highest BCUT2D eigenvalue weighted by Crippen LogP contribution is 2.39. The van der Waals surface area contributed by atoms with E-state index >= 15 is 0 Å². The Bertz CT molecular complexity index is 758. The van der Waals surface area contributed by atoms with E-state index in [-0.39, 0.29) is 10.9 Å². The summed E-state index contributed by atoms with van der Waals surface area (Å²) < 4.78 is 18.6. The highest BCUT2D eigenvalue weighted by atomic mass is 35.5. The van der Waals surface area contributed by atoms with Crippen LogP contribution in [0.3, 0.4) is 0 Å².